The molecule has 3 amide bonds. The predicted molar refractivity (Wildman–Crippen MR) is 150 cm³/mol. The van der Waals surface area contributed by atoms with Crippen LogP contribution in [0.15, 0.2) is 48.5 Å². The van der Waals surface area contributed by atoms with Gasteiger partial charge in [-0.25, -0.2) is 13.2 Å². The molecule has 2 atom stereocenters. The van der Waals surface area contributed by atoms with Gasteiger partial charge in [0, 0.05) is 18.0 Å². The molecule has 1 saturated carbocycles. The Kier molecular flexibility index (Phi) is 9.24. The van der Waals surface area contributed by atoms with E-state index in [2.05, 4.69) is 16.0 Å². The summed E-state index contributed by atoms with van der Waals surface area (Å²) in [7, 11) is 0. The first kappa shape index (κ1) is 32.4. The van der Waals surface area contributed by atoms with Crippen LogP contribution >= 0.6 is 34.8 Å². The van der Waals surface area contributed by atoms with Crippen molar-refractivity contribution in [1.82, 2.24) is 0 Å². The molecular weight excluding hydrogens is 647 g/mol. The molecule has 3 N–H and O–H groups in total. The number of anilines is 3. The second-order valence-electron chi connectivity index (χ2n) is 9.59. The molecule has 0 bridgehead atoms. The van der Waals surface area contributed by atoms with Crippen LogP contribution in [-0.4, -0.2) is 22.1 Å². The van der Waals surface area contributed by atoms with E-state index in [-0.39, 0.29) is 28.3 Å². The van der Waals surface area contributed by atoms with E-state index in [0.717, 1.165) is 24.3 Å². The fourth-order valence-corrected chi connectivity index (χ4v) is 5.43. The lowest BCUT2D eigenvalue weighted by molar-refractivity contribution is -0.140. The Labute approximate surface area is 255 Å². The van der Waals surface area contributed by atoms with Gasteiger partial charge < -0.3 is 16.0 Å². The molecule has 1 fully saturated rings. The van der Waals surface area contributed by atoms with E-state index in [4.69, 9.17) is 34.8 Å². The SMILES string of the molecule is CCCC(=O)Nc1c(F)ccc(NC(=O)c2cc(NC(=O)[C@H]3[C@H](c4ccc(F)c(C(F)(F)F)c4)C3(Cl)Cl)ccc2Cl)c1F. The Morgan fingerprint density at radius 3 is 2.23 bits per heavy atom. The smallest absolute Gasteiger partial charge is 0.326 e. The first-order chi connectivity index (χ1) is 20.1. The molecule has 0 radical (unpaired) electrons. The highest BCUT2D eigenvalue weighted by atomic mass is 35.5. The number of nitrogens with one attached hydrogen (secondary N) is 3. The number of amides is 3. The van der Waals surface area contributed by atoms with E-state index in [1.54, 1.807) is 6.92 Å². The second-order valence-corrected chi connectivity index (χ2v) is 11.4. The van der Waals surface area contributed by atoms with E-state index in [1.807, 2.05) is 0 Å². The maximum absolute atomic E-state index is 15.0. The van der Waals surface area contributed by atoms with Crippen LogP contribution in [0, 0.1) is 23.4 Å². The number of carbonyl (C=O) groups excluding carboxylic acids is 3. The molecule has 0 aromatic heterocycles. The van der Waals surface area contributed by atoms with Gasteiger partial charge in [0.1, 0.15) is 21.7 Å². The first-order valence-corrected chi connectivity index (χ1v) is 13.6. The Morgan fingerprint density at radius 2 is 1.58 bits per heavy atom. The van der Waals surface area contributed by atoms with Crippen molar-refractivity contribution in [2.45, 2.75) is 36.2 Å². The molecule has 6 nitrogen and oxygen atoms in total. The average Bonchev–Trinajstić information content (AvgIpc) is 3.50. The third kappa shape index (κ3) is 6.86. The summed E-state index contributed by atoms with van der Waals surface area (Å²) in [5.74, 6) is -8.58. The molecule has 4 rings (SSSR count). The zero-order valence-corrected chi connectivity index (χ0v) is 24.1. The minimum absolute atomic E-state index is 0.00323. The van der Waals surface area contributed by atoms with Gasteiger partial charge in [-0.2, -0.15) is 13.2 Å². The molecule has 43 heavy (non-hydrogen) atoms. The van der Waals surface area contributed by atoms with Crippen LogP contribution in [0.4, 0.5) is 43.4 Å². The number of halogens is 9. The fourth-order valence-electron chi connectivity index (χ4n) is 4.40. The zero-order valence-electron chi connectivity index (χ0n) is 21.8. The van der Waals surface area contributed by atoms with Gasteiger partial charge in [-0.3, -0.25) is 14.4 Å². The van der Waals surface area contributed by atoms with Gasteiger partial charge in [0.2, 0.25) is 11.8 Å². The van der Waals surface area contributed by atoms with Crippen LogP contribution in [0.1, 0.15) is 47.2 Å². The quantitative estimate of drug-likeness (QED) is 0.167. The van der Waals surface area contributed by atoms with Crippen molar-refractivity contribution in [1.29, 1.82) is 0 Å². The molecule has 1 aliphatic rings. The normalized spacial score (nSPS) is 17.3. The Morgan fingerprint density at radius 1 is 0.907 bits per heavy atom. The summed E-state index contributed by atoms with van der Waals surface area (Å²) >= 11 is 18.6. The number of hydrogen-bond acceptors (Lipinski definition) is 3. The van der Waals surface area contributed by atoms with Crippen molar-refractivity contribution in [2.24, 2.45) is 5.92 Å². The summed E-state index contributed by atoms with van der Waals surface area (Å²) in [6, 6.07) is 7.62. The highest BCUT2D eigenvalue weighted by Gasteiger charge is 2.67. The van der Waals surface area contributed by atoms with E-state index in [9.17, 15) is 40.7 Å². The van der Waals surface area contributed by atoms with Crippen molar-refractivity contribution < 1.29 is 40.7 Å². The zero-order chi connectivity index (χ0) is 31.9. The lowest BCUT2D eigenvalue weighted by Gasteiger charge is -2.13. The van der Waals surface area contributed by atoms with Crippen LogP contribution in [0.25, 0.3) is 0 Å². The van der Waals surface area contributed by atoms with Gasteiger partial charge in [0.05, 0.1) is 27.8 Å². The second kappa shape index (κ2) is 12.3. The Bertz CT molecular complexity index is 1620. The van der Waals surface area contributed by atoms with Crippen molar-refractivity contribution in [2.75, 3.05) is 16.0 Å². The Hall–Kier alpha value is -3.48. The van der Waals surface area contributed by atoms with Crippen LogP contribution in [0.2, 0.25) is 5.02 Å². The number of benzene rings is 3. The molecule has 0 heterocycles. The summed E-state index contributed by atoms with van der Waals surface area (Å²) in [5, 5.41) is 6.68. The number of carbonyl (C=O) groups is 3. The van der Waals surface area contributed by atoms with E-state index in [1.165, 1.54) is 12.1 Å². The van der Waals surface area contributed by atoms with Gasteiger partial charge in [0.25, 0.3) is 5.91 Å². The third-order valence-corrected chi connectivity index (χ3v) is 7.82. The van der Waals surface area contributed by atoms with Crippen LogP contribution in [-0.2, 0) is 15.8 Å². The topological polar surface area (TPSA) is 87.3 Å². The summed E-state index contributed by atoms with van der Waals surface area (Å²) in [6.45, 7) is 1.70. The van der Waals surface area contributed by atoms with Crippen molar-refractivity contribution in [3.8, 4) is 0 Å². The van der Waals surface area contributed by atoms with Gasteiger partial charge in [-0.15, -0.1) is 23.2 Å². The molecule has 0 unspecified atom stereocenters. The van der Waals surface area contributed by atoms with Crippen LogP contribution < -0.4 is 16.0 Å². The van der Waals surface area contributed by atoms with Gasteiger partial charge in [-0.1, -0.05) is 24.6 Å². The fraction of sp³-hybridized carbons (Fsp3) is 0.250. The minimum Gasteiger partial charge on any atom is -0.326 e. The predicted octanol–water partition coefficient (Wildman–Crippen LogP) is 8.29. The largest absolute Gasteiger partial charge is 0.419 e. The van der Waals surface area contributed by atoms with E-state index < -0.39 is 74.5 Å². The number of alkyl halides is 5. The maximum atomic E-state index is 15.0. The molecule has 0 aliphatic heterocycles. The molecular formula is C28H20Cl3F6N3O3. The van der Waals surface area contributed by atoms with E-state index in [0.29, 0.717) is 18.6 Å². The van der Waals surface area contributed by atoms with Crippen LogP contribution in [0.3, 0.4) is 0 Å². The van der Waals surface area contributed by atoms with Crippen LogP contribution in [0.5, 0.6) is 0 Å². The lowest BCUT2D eigenvalue weighted by Crippen LogP contribution is -2.19. The minimum atomic E-state index is -4.99. The molecule has 0 saturated heterocycles. The Balaban J connectivity index is 1.52. The van der Waals surface area contributed by atoms with Crippen molar-refractivity contribution in [3.05, 3.63) is 87.7 Å². The number of hydrogen-bond donors (Lipinski definition) is 3. The highest BCUT2D eigenvalue weighted by molar-refractivity contribution is 6.53. The summed E-state index contributed by atoms with van der Waals surface area (Å²) < 4.78 is 80.6. The average molecular weight is 667 g/mol. The van der Waals surface area contributed by atoms with Crippen molar-refractivity contribution >= 4 is 69.6 Å². The maximum Gasteiger partial charge on any atom is 0.419 e. The lowest BCUT2D eigenvalue weighted by atomic mass is 10.0. The molecule has 3 aromatic rings. The highest BCUT2D eigenvalue weighted by Crippen LogP contribution is 2.65. The monoisotopic (exact) mass is 665 g/mol. The molecule has 3 aromatic carbocycles. The molecule has 1 aliphatic carbocycles. The van der Waals surface area contributed by atoms with Crippen molar-refractivity contribution in [3.63, 3.8) is 0 Å². The summed E-state index contributed by atoms with van der Waals surface area (Å²) in [6.07, 6.45) is -4.55. The molecule has 0 spiro atoms. The van der Waals surface area contributed by atoms with Gasteiger partial charge in [-0.05, 0) is 54.4 Å². The van der Waals surface area contributed by atoms with E-state index >= 15 is 0 Å². The number of rotatable bonds is 8. The first-order valence-electron chi connectivity index (χ1n) is 12.5. The summed E-state index contributed by atoms with van der Waals surface area (Å²) in [4.78, 5) is 37.8. The standard InChI is InChI=1S/C28H20Cl3F6N3O3/c1-2-3-20(41)40-24-18(33)8-9-19(23(24)34)39-25(42)14-11-13(5-6-16(14)29)38-26(43)22-21(27(22,30)31)12-4-7-17(32)15(10-12)28(35,36)37/h4-11,21-22H,2-3H2,1H3,(H,38,43)(H,39,42)(H,40,41)/t21-,22+/m0/s1. The van der Waals surface area contributed by atoms with Gasteiger partial charge >= 0.3 is 6.18 Å². The van der Waals surface area contributed by atoms with Gasteiger partial charge in [0.15, 0.2) is 5.82 Å². The third-order valence-electron chi connectivity index (χ3n) is 6.55. The molecule has 228 valence electrons. The molecule has 15 heteroatoms. The summed E-state index contributed by atoms with van der Waals surface area (Å²) in [5.41, 5.74) is -3.13.